The highest BCUT2D eigenvalue weighted by Gasteiger charge is 2.34. The summed E-state index contributed by atoms with van der Waals surface area (Å²) in [7, 11) is -3.10. The molecule has 6 heteroatoms. The average molecular weight is 311 g/mol. The van der Waals surface area contributed by atoms with E-state index < -0.39 is 21.1 Å². The topological polar surface area (TPSA) is 78.6 Å². The van der Waals surface area contributed by atoms with Crippen molar-refractivity contribution >= 4 is 9.84 Å². The van der Waals surface area contributed by atoms with E-state index in [2.05, 4.69) is 0 Å². The molecule has 2 heterocycles. The summed E-state index contributed by atoms with van der Waals surface area (Å²) in [5.41, 5.74) is 7.04. The molecule has 2 unspecified atom stereocenters. The maximum atomic E-state index is 12.2. The van der Waals surface area contributed by atoms with Gasteiger partial charge in [-0.1, -0.05) is 12.5 Å². The van der Waals surface area contributed by atoms with Crippen molar-refractivity contribution in [1.29, 1.82) is 0 Å². The molecule has 2 aliphatic heterocycles. The highest BCUT2D eigenvalue weighted by atomic mass is 32.2. The lowest BCUT2D eigenvalue weighted by Crippen LogP contribution is -2.37. The van der Waals surface area contributed by atoms with Gasteiger partial charge in [0, 0.05) is 12.5 Å². The molecule has 0 aromatic heterocycles. The Morgan fingerprint density at radius 2 is 1.86 bits per heavy atom. The number of hydrogen-bond donors (Lipinski definition) is 1. The van der Waals surface area contributed by atoms with Crippen molar-refractivity contribution in [1.82, 2.24) is 0 Å². The van der Waals surface area contributed by atoms with Crippen molar-refractivity contribution in [3.63, 3.8) is 0 Å². The third-order valence-electron chi connectivity index (χ3n) is 4.19. The van der Waals surface area contributed by atoms with Gasteiger partial charge in [-0.05, 0) is 30.5 Å². The van der Waals surface area contributed by atoms with Crippen LogP contribution in [0.15, 0.2) is 18.2 Å². The second-order valence-corrected chi connectivity index (χ2v) is 8.02. The van der Waals surface area contributed by atoms with Gasteiger partial charge in [-0.2, -0.15) is 0 Å². The Hall–Kier alpha value is -1.27. The highest BCUT2D eigenvalue weighted by Crippen LogP contribution is 2.35. The molecule has 1 aromatic rings. The van der Waals surface area contributed by atoms with E-state index >= 15 is 0 Å². The van der Waals surface area contributed by atoms with Gasteiger partial charge in [-0.3, -0.25) is 0 Å². The van der Waals surface area contributed by atoms with Crippen molar-refractivity contribution in [2.24, 2.45) is 5.73 Å². The number of ether oxygens (including phenoxy) is 2. The first-order chi connectivity index (χ1) is 10.1. The highest BCUT2D eigenvalue weighted by molar-refractivity contribution is 7.92. The molecule has 0 saturated carbocycles. The minimum absolute atomic E-state index is 0.246. The Labute approximate surface area is 125 Å². The monoisotopic (exact) mass is 311 g/mol. The number of hydrogen-bond acceptors (Lipinski definition) is 5. The van der Waals surface area contributed by atoms with Crippen molar-refractivity contribution in [2.75, 3.05) is 19.0 Å². The van der Waals surface area contributed by atoms with Crippen LogP contribution in [-0.2, 0) is 9.84 Å². The van der Waals surface area contributed by atoms with E-state index in [-0.39, 0.29) is 5.75 Å². The Balaban J connectivity index is 1.87. The van der Waals surface area contributed by atoms with E-state index in [1.807, 2.05) is 18.2 Å². The lowest BCUT2D eigenvalue weighted by atomic mass is 10.00. The summed E-state index contributed by atoms with van der Waals surface area (Å²) in [5, 5.41) is -0.490. The molecule has 116 valence electrons. The van der Waals surface area contributed by atoms with Gasteiger partial charge in [0.1, 0.15) is 0 Å². The Morgan fingerprint density at radius 1 is 1.10 bits per heavy atom. The van der Waals surface area contributed by atoms with E-state index in [0.717, 1.165) is 24.8 Å². The van der Waals surface area contributed by atoms with Crippen molar-refractivity contribution in [2.45, 2.75) is 37.0 Å². The Bertz CT molecular complexity index is 614. The van der Waals surface area contributed by atoms with Gasteiger partial charge >= 0.3 is 0 Å². The summed E-state index contributed by atoms with van der Waals surface area (Å²) in [6, 6.07) is 5.00. The van der Waals surface area contributed by atoms with Crippen LogP contribution in [0.4, 0.5) is 0 Å². The van der Waals surface area contributed by atoms with Gasteiger partial charge in [0.2, 0.25) is 0 Å². The molecule has 0 amide bonds. The quantitative estimate of drug-likeness (QED) is 0.901. The van der Waals surface area contributed by atoms with Crippen LogP contribution in [0.5, 0.6) is 11.5 Å². The van der Waals surface area contributed by atoms with Crippen molar-refractivity contribution in [3.8, 4) is 11.5 Å². The summed E-state index contributed by atoms with van der Waals surface area (Å²) >= 11 is 0. The van der Waals surface area contributed by atoms with Crippen molar-refractivity contribution in [3.05, 3.63) is 23.8 Å². The molecule has 2 N–H and O–H groups in total. The summed E-state index contributed by atoms with van der Waals surface area (Å²) in [6.07, 6.45) is 3.14. The first-order valence-electron chi connectivity index (χ1n) is 7.44. The van der Waals surface area contributed by atoms with Gasteiger partial charge < -0.3 is 15.2 Å². The van der Waals surface area contributed by atoms with Crippen LogP contribution in [0.2, 0.25) is 0 Å². The van der Waals surface area contributed by atoms with Crippen LogP contribution >= 0.6 is 0 Å². The normalized spacial score (nSPS) is 25.9. The van der Waals surface area contributed by atoms with Gasteiger partial charge in [0.15, 0.2) is 21.3 Å². The summed E-state index contributed by atoms with van der Waals surface area (Å²) < 4.78 is 35.6. The molecule has 21 heavy (non-hydrogen) atoms. The molecule has 1 fully saturated rings. The fourth-order valence-electron chi connectivity index (χ4n) is 2.98. The fourth-order valence-corrected chi connectivity index (χ4v) is 5.02. The van der Waals surface area contributed by atoms with Gasteiger partial charge in [0.05, 0.1) is 24.2 Å². The van der Waals surface area contributed by atoms with E-state index in [9.17, 15) is 8.42 Å². The molecule has 0 spiro atoms. The third-order valence-corrected chi connectivity index (χ3v) is 6.49. The number of benzene rings is 1. The molecular formula is C15H21NO4S. The maximum Gasteiger partial charge on any atom is 0.161 e. The zero-order chi connectivity index (χ0) is 14.9. The second-order valence-electron chi connectivity index (χ2n) is 5.68. The molecule has 0 aliphatic carbocycles. The van der Waals surface area contributed by atoms with Crippen molar-refractivity contribution < 1.29 is 17.9 Å². The smallest absolute Gasteiger partial charge is 0.161 e. The third kappa shape index (κ3) is 3.01. The molecule has 1 aromatic carbocycles. The zero-order valence-electron chi connectivity index (χ0n) is 12.0. The Kier molecular flexibility index (Phi) is 4.08. The van der Waals surface area contributed by atoms with Gasteiger partial charge in [-0.15, -0.1) is 0 Å². The molecule has 2 atom stereocenters. The largest absolute Gasteiger partial charge is 0.490 e. The van der Waals surface area contributed by atoms with Gasteiger partial charge in [-0.25, -0.2) is 8.42 Å². The van der Waals surface area contributed by atoms with Crippen LogP contribution in [0, 0.1) is 0 Å². The molecule has 0 bridgehead atoms. The van der Waals surface area contributed by atoms with Gasteiger partial charge in [0.25, 0.3) is 0 Å². The number of rotatable bonds is 2. The number of fused-ring (bicyclic) bond motifs is 1. The fraction of sp³-hybridized carbons (Fsp3) is 0.600. The number of sulfone groups is 1. The molecule has 5 nitrogen and oxygen atoms in total. The average Bonchev–Trinajstić information content (AvgIpc) is 2.70. The van der Waals surface area contributed by atoms with E-state index in [1.165, 1.54) is 0 Å². The Morgan fingerprint density at radius 3 is 2.62 bits per heavy atom. The predicted octanol–water partition coefficient (Wildman–Crippen LogP) is 1.82. The summed E-state index contributed by atoms with van der Waals surface area (Å²) in [4.78, 5) is 0. The predicted molar refractivity (Wildman–Crippen MR) is 80.4 cm³/mol. The van der Waals surface area contributed by atoms with Crippen LogP contribution in [0.1, 0.15) is 37.3 Å². The summed E-state index contributed by atoms with van der Waals surface area (Å²) in [6.45, 7) is 1.24. The van der Waals surface area contributed by atoms with Crippen LogP contribution < -0.4 is 15.2 Å². The minimum atomic E-state index is -3.10. The van der Waals surface area contributed by atoms with E-state index in [0.29, 0.717) is 31.1 Å². The van der Waals surface area contributed by atoms with Crippen LogP contribution in [0.25, 0.3) is 0 Å². The van der Waals surface area contributed by atoms with E-state index in [1.54, 1.807) is 0 Å². The number of nitrogens with two attached hydrogens (primary N) is 1. The molecular weight excluding hydrogens is 290 g/mol. The standard InChI is InChI=1S/C15H21NO4S/c16-15(14-4-1-2-9-21(14,17)18)11-5-6-12-13(10-11)20-8-3-7-19-12/h5-6,10,14-15H,1-4,7-9,16H2. The van der Waals surface area contributed by atoms with Crippen LogP contribution in [0.3, 0.4) is 0 Å². The maximum absolute atomic E-state index is 12.2. The molecule has 3 rings (SSSR count). The first kappa shape index (κ1) is 14.7. The first-order valence-corrected chi connectivity index (χ1v) is 9.16. The minimum Gasteiger partial charge on any atom is -0.490 e. The molecule has 0 radical (unpaired) electrons. The van der Waals surface area contributed by atoms with E-state index in [4.69, 9.17) is 15.2 Å². The molecule has 1 saturated heterocycles. The van der Waals surface area contributed by atoms with Crippen LogP contribution in [-0.4, -0.2) is 32.6 Å². The summed E-state index contributed by atoms with van der Waals surface area (Å²) in [5.74, 6) is 1.61. The second kappa shape index (κ2) is 5.85. The zero-order valence-corrected chi connectivity index (χ0v) is 12.8. The lowest BCUT2D eigenvalue weighted by molar-refractivity contribution is 0.297. The lowest BCUT2D eigenvalue weighted by Gasteiger charge is -2.28. The molecule has 2 aliphatic rings. The SMILES string of the molecule is NC(c1ccc2c(c1)OCCCO2)C1CCCCS1(=O)=O.